The zero-order valence-electron chi connectivity index (χ0n) is 12.6. The van der Waals surface area contributed by atoms with Crippen molar-refractivity contribution in [1.29, 1.82) is 0 Å². The molecule has 0 aromatic rings. The first kappa shape index (κ1) is 19.0. The van der Waals surface area contributed by atoms with E-state index in [1.807, 2.05) is 6.92 Å². The molecule has 0 aromatic carbocycles. The first-order valence-electron chi connectivity index (χ1n) is 7.48. The van der Waals surface area contributed by atoms with E-state index in [2.05, 4.69) is 5.32 Å². The number of nitrogens with two attached hydrogens (primary N) is 1. The van der Waals surface area contributed by atoms with Gasteiger partial charge < -0.3 is 21.1 Å². The summed E-state index contributed by atoms with van der Waals surface area (Å²) in [6, 6.07) is -0.489. The van der Waals surface area contributed by atoms with Crippen LogP contribution < -0.4 is 5.73 Å². The van der Waals surface area contributed by atoms with E-state index in [1.165, 1.54) is 12.8 Å². The molecule has 1 saturated carbocycles. The van der Waals surface area contributed by atoms with Crippen molar-refractivity contribution in [2.45, 2.75) is 69.7 Å². The van der Waals surface area contributed by atoms with Gasteiger partial charge in [-0.25, -0.2) is 0 Å². The van der Waals surface area contributed by atoms with Crippen LogP contribution in [0.5, 0.6) is 0 Å². The zero-order chi connectivity index (χ0) is 14.7. The standard InChI is InChI=1S/C9H14N3O2.C5H10O.Y/c1-5-7(11-5)9(14)12-4-2-3-6(12)8(10)13;6-5-3-1-2-4-5;/h5-7H,2-4H2,1H3,(H2,10,13);5-6H,1-4H2;/q-1;;/t5?,6-,7-;;/m0../s1. The van der Waals surface area contributed by atoms with Gasteiger partial charge in [-0.05, 0) is 25.7 Å². The minimum Gasteiger partial charge on any atom is -0.651 e. The first-order chi connectivity index (χ1) is 9.50. The van der Waals surface area contributed by atoms with Gasteiger partial charge in [-0.3, -0.25) is 9.59 Å². The summed E-state index contributed by atoms with van der Waals surface area (Å²) in [4.78, 5) is 24.4. The van der Waals surface area contributed by atoms with Crippen molar-refractivity contribution >= 4 is 11.8 Å². The van der Waals surface area contributed by atoms with Gasteiger partial charge in [0.05, 0.1) is 6.10 Å². The summed E-state index contributed by atoms with van der Waals surface area (Å²) in [7, 11) is 0. The Hall–Kier alpha value is -0.0361. The fraction of sp³-hybridized carbons (Fsp3) is 0.857. The number of aliphatic hydroxyl groups is 1. The Morgan fingerprint density at radius 3 is 2.14 bits per heavy atom. The summed E-state index contributed by atoms with van der Waals surface area (Å²) >= 11 is 0. The summed E-state index contributed by atoms with van der Waals surface area (Å²) in [6.07, 6.45) is 6.16. The SMILES string of the molecule is CC1[N-][C@@H]1C(=O)N1CCC[C@H]1C(N)=O.OC1CCCC1.[Y]. The van der Waals surface area contributed by atoms with Gasteiger partial charge in [0.25, 0.3) is 0 Å². The van der Waals surface area contributed by atoms with E-state index in [0.717, 1.165) is 19.3 Å². The molecule has 1 aliphatic carbocycles. The van der Waals surface area contributed by atoms with Crippen LogP contribution in [0.3, 0.4) is 0 Å². The van der Waals surface area contributed by atoms with Crippen molar-refractivity contribution in [3.8, 4) is 0 Å². The van der Waals surface area contributed by atoms with Gasteiger partial charge in [0.2, 0.25) is 11.8 Å². The van der Waals surface area contributed by atoms with Gasteiger partial charge in [0.1, 0.15) is 6.04 Å². The number of nitrogens with zero attached hydrogens (tertiary/aromatic N) is 2. The molecule has 0 spiro atoms. The predicted molar refractivity (Wildman–Crippen MR) is 75.0 cm³/mol. The molecule has 2 heterocycles. The molecule has 3 atom stereocenters. The molecule has 1 radical (unpaired) electrons. The average molecular weight is 371 g/mol. The largest absolute Gasteiger partial charge is 0.651 e. The summed E-state index contributed by atoms with van der Waals surface area (Å²) in [5, 5.41) is 12.8. The number of hydrogen-bond donors (Lipinski definition) is 2. The van der Waals surface area contributed by atoms with Crippen LogP contribution >= 0.6 is 0 Å². The van der Waals surface area contributed by atoms with Crippen LogP contribution in [-0.4, -0.2) is 52.6 Å². The number of aliphatic hydroxyl groups excluding tert-OH is 1. The Balaban J connectivity index is 0.000000267. The molecule has 2 saturated heterocycles. The average Bonchev–Trinajstić information content (AvgIpc) is 2.87. The predicted octanol–water partition coefficient (Wildman–Crippen LogP) is 0.526. The smallest absolute Gasteiger partial charge is 0.240 e. The van der Waals surface area contributed by atoms with Crippen molar-refractivity contribution in [1.82, 2.24) is 4.90 Å². The van der Waals surface area contributed by atoms with Gasteiger partial charge in [-0.1, -0.05) is 25.8 Å². The molecule has 21 heavy (non-hydrogen) atoms. The Morgan fingerprint density at radius 2 is 1.76 bits per heavy atom. The van der Waals surface area contributed by atoms with Crippen molar-refractivity contribution in [2.24, 2.45) is 5.73 Å². The number of carbonyl (C=O) groups is 2. The second-order valence-electron chi connectivity index (χ2n) is 5.86. The van der Waals surface area contributed by atoms with Crippen LogP contribution in [0.4, 0.5) is 0 Å². The summed E-state index contributed by atoms with van der Waals surface area (Å²) in [6.45, 7) is 2.54. The molecule has 117 valence electrons. The summed E-state index contributed by atoms with van der Waals surface area (Å²) < 4.78 is 0. The number of carbonyl (C=O) groups excluding carboxylic acids is 2. The molecule has 2 aliphatic heterocycles. The van der Waals surface area contributed by atoms with E-state index in [0.29, 0.717) is 13.0 Å². The van der Waals surface area contributed by atoms with E-state index in [4.69, 9.17) is 10.8 Å². The fourth-order valence-electron chi connectivity index (χ4n) is 2.87. The van der Waals surface area contributed by atoms with E-state index in [9.17, 15) is 9.59 Å². The topological polar surface area (TPSA) is 97.7 Å². The molecular formula is C14H24N3O3Y-. The van der Waals surface area contributed by atoms with Crippen LogP contribution in [0.2, 0.25) is 0 Å². The number of likely N-dealkylation sites (tertiary alicyclic amines) is 1. The van der Waals surface area contributed by atoms with Crippen molar-refractivity contribution in [2.75, 3.05) is 6.54 Å². The number of rotatable bonds is 2. The Labute approximate surface area is 151 Å². The van der Waals surface area contributed by atoms with Gasteiger partial charge in [-0.2, -0.15) is 0 Å². The molecule has 0 aromatic heterocycles. The first-order valence-corrected chi connectivity index (χ1v) is 7.48. The molecule has 7 heteroatoms. The van der Waals surface area contributed by atoms with Crippen molar-refractivity contribution in [3.05, 3.63) is 5.32 Å². The van der Waals surface area contributed by atoms with Crippen LogP contribution in [0.1, 0.15) is 45.4 Å². The third-order valence-corrected chi connectivity index (χ3v) is 4.20. The van der Waals surface area contributed by atoms with E-state index >= 15 is 0 Å². The third kappa shape index (κ3) is 5.27. The maximum absolute atomic E-state index is 11.8. The zero-order valence-corrected chi connectivity index (χ0v) is 15.4. The molecule has 1 unspecified atom stereocenters. The molecule has 3 N–H and O–H groups in total. The number of amides is 2. The molecule has 3 fully saturated rings. The summed E-state index contributed by atoms with van der Waals surface area (Å²) in [5.74, 6) is -0.428. The summed E-state index contributed by atoms with van der Waals surface area (Å²) in [5.41, 5.74) is 5.22. The van der Waals surface area contributed by atoms with Gasteiger partial charge >= 0.3 is 0 Å². The Bertz CT molecular complexity index is 374. The molecule has 2 amide bonds. The van der Waals surface area contributed by atoms with E-state index in [1.54, 1.807) is 4.90 Å². The number of hydrogen-bond acceptors (Lipinski definition) is 3. The Kier molecular flexibility index (Phi) is 7.75. The van der Waals surface area contributed by atoms with E-state index in [-0.39, 0.29) is 56.8 Å². The van der Waals surface area contributed by atoms with Crippen molar-refractivity contribution < 1.29 is 47.4 Å². The molecule has 0 bridgehead atoms. The maximum atomic E-state index is 11.8. The molecule has 3 rings (SSSR count). The van der Waals surface area contributed by atoms with Gasteiger partial charge in [-0.15, -0.1) is 6.04 Å². The maximum Gasteiger partial charge on any atom is 0.240 e. The third-order valence-electron chi connectivity index (χ3n) is 4.20. The van der Waals surface area contributed by atoms with E-state index < -0.39 is 11.9 Å². The Morgan fingerprint density at radius 1 is 1.19 bits per heavy atom. The molecule has 6 nitrogen and oxygen atoms in total. The van der Waals surface area contributed by atoms with Gasteiger partial charge in [0.15, 0.2) is 0 Å². The molecule has 3 aliphatic rings. The second-order valence-corrected chi connectivity index (χ2v) is 5.86. The second kappa shape index (κ2) is 8.56. The van der Waals surface area contributed by atoms with Crippen LogP contribution in [-0.2, 0) is 42.3 Å². The van der Waals surface area contributed by atoms with Crippen LogP contribution in [0, 0.1) is 0 Å². The fourth-order valence-corrected chi connectivity index (χ4v) is 2.87. The number of primary amides is 1. The van der Waals surface area contributed by atoms with Gasteiger partial charge in [0, 0.05) is 39.3 Å². The van der Waals surface area contributed by atoms with Crippen LogP contribution in [0.25, 0.3) is 5.32 Å². The minimum absolute atomic E-state index is 0. The minimum atomic E-state index is -0.399. The normalized spacial score (nSPS) is 31.1. The quantitative estimate of drug-likeness (QED) is 0.693. The van der Waals surface area contributed by atoms with Crippen LogP contribution in [0.15, 0.2) is 0 Å². The van der Waals surface area contributed by atoms with Crippen molar-refractivity contribution in [3.63, 3.8) is 0 Å². The molecular weight excluding hydrogens is 347 g/mol. The monoisotopic (exact) mass is 371 g/mol.